The highest BCUT2D eigenvalue weighted by Gasteiger charge is 2.25. The van der Waals surface area contributed by atoms with Crippen molar-refractivity contribution in [3.05, 3.63) is 41.1 Å². The molecular weight excluding hydrogens is 352 g/mol. The lowest BCUT2D eigenvalue weighted by Crippen LogP contribution is -2.34. The van der Waals surface area contributed by atoms with Gasteiger partial charge in [0.1, 0.15) is 0 Å². The molecule has 1 aromatic carbocycles. The van der Waals surface area contributed by atoms with Crippen LogP contribution in [0.25, 0.3) is 10.9 Å². The van der Waals surface area contributed by atoms with Crippen molar-refractivity contribution in [1.29, 1.82) is 0 Å². The molecule has 1 aliphatic carbocycles. The van der Waals surface area contributed by atoms with Crippen molar-refractivity contribution in [3.63, 3.8) is 0 Å². The third-order valence-electron chi connectivity index (χ3n) is 5.81. The number of allylic oxidation sites excluding steroid dienone is 1. The Morgan fingerprint density at radius 3 is 2.68 bits per heavy atom. The van der Waals surface area contributed by atoms with Gasteiger partial charge >= 0.3 is 0 Å². The monoisotopic (exact) mass is 378 g/mol. The molecular formula is C22H26N4O2. The quantitative estimate of drug-likeness (QED) is 0.880. The molecule has 146 valence electrons. The first-order chi connectivity index (χ1) is 13.4. The molecule has 2 aromatic rings. The van der Waals surface area contributed by atoms with E-state index in [1.807, 2.05) is 32.9 Å². The van der Waals surface area contributed by atoms with Crippen molar-refractivity contribution in [1.82, 2.24) is 15.1 Å². The smallest absolute Gasteiger partial charge is 0.254 e. The molecule has 1 saturated carbocycles. The van der Waals surface area contributed by atoms with Crippen molar-refractivity contribution in [2.24, 2.45) is 10.9 Å². The number of rotatable bonds is 4. The number of dihydropyridines is 1. The van der Waals surface area contributed by atoms with Crippen molar-refractivity contribution in [3.8, 4) is 0 Å². The summed E-state index contributed by atoms with van der Waals surface area (Å²) in [5.41, 5.74) is 4.30. The largest absolute Gasteiger partial charge is 0.351 e. The van der Waals surface area contributed by atoms with Crippen LogP contribution in [-0.2, 0) is 4.79 Å². The fourth-order valence-electron chi connectivity index (χ4n) is 4.36. The van der Waals surface area contributed by atoms with Crippen molar-refractivity contribution in [2.45, 2.75) is 52.5 Å². The number of carbonyl (C=O) groups excluding carboxylic acids is 2. The highest BCUT2D eigenvalue weighted by atomic mass is 16.2. The molecule has 2 amide bonds. The number of benzene rings is 1. The highest BCUT2D eigenvalue weighted by Crippen LogP contribution is 2.33. The molecule has 0 saturated heterocycles. The number of carbonyl (C=O) groups is 2. The number of nitrogens with one attached hydrogen (secondary N) is 1. The molecule has 1 unspecified atom stereocenters. The van der Waals surface area contributed by atoms with E-state index in [0.29, 0.717) is 17.3 Å². The van der Waals surface area contributed by atoms with Crippen molar-refractivity contribution in [2.75, 3.05) is 6.54 Å². The van der Waals surface area contributed by atoms with Crippen LogP contribution in [0.4, 0.5) is 0 Å². The summed E-state index contributed by atoms with van der Waals surface area (Å²) in [7, 11) is 0. The van der Waals surface area contributed by atoms with Gasteiger partial charge in [-0.3, -0.25) is 14.3 Å². The molecule has 0 radical (unpaired) electrons. The van der Waals surface area contributed by atoms with Gasteiger partial charge in [-0.05, 0) is 57.4 Å². The summed E-state index contributed by atoms with van der Waals surface area (Å²) in [5, 5.41) is 8.40. The molecule has 2 aliphatic rings. The van der Waals surface area contributed by atoms with E-state index in [2.05, 4.69) is 26.2 Å². The Hall–Kier alpha value is -2.76. The minimum absolute atomic E-state index is 0.174. The predicted octanol–water partition coefficient (Wildman–Crippen LogP) is 3.75. The van der Waals surface area contributed by atoms with E-state index in [1.165, 1.54) is 12.8 Å². The van der Waals surface area contributed by atoms with Crippen molar-refractivity contribution < 1.29 is 9.59 Å². The number of fused-ring (bicyclic) bond motifs is 1. The number of amides is 2. The predicted molar refractivity (Wildman–Crippen MR) is 110 cm³/mol. The SMILES string of the molecule is CC1=CC(C)=NC(=O)C1CNC(=O)c1cc(C)cc2c1cnn2C1CCCC1. The molecule has 1 N–H and O–H groups in total. The first kappa shape index (κ1) is 18.6. The van der Waals surface area contributed by atoms with Crippen LogP contribution in [0.2, 0.25) is 0 Å². The summed E-state index contributed by atoms with van der Waals surface area (Å²) in [4.78, 5) is 29.1. The summed E-state index contributed by atoms with van der Waals surface area (Å²) in [5.74, 6) is -0.762. The Morgan fingerprint density at radius 1 is 1.21 bits per heavy atom. The van der Waals surface area contributed by atoms with Crippen molar-refractivity contribution >= 4 is 28.4 Å². The zero-order valence-corrected chi connectivity index (χ0v) is 16.7. The molecule has 0 spiro atoms. The van der Waals surface area contributed by atoms with E-state index in [1.54, 1.807) is 6.20 Å². The average Bonchev–Trinajstić information content (AvgIpc) is 3.28. The van der Waals surface area contributed by atoms with E-state index < -0.39 is 5.92 Å². The fraction of sp³-hybridized carbons (Fsp3) is 0.455. The summed E-state index contributed by atoms with van der Waals surface area (Å²) in [6.07, 6.45) is 8.44. The van der Waals surface area contributed by atoms with Gasteiger partial charge in [0.2, 0.25) is 0 Å². The summed E-state index contributed by atoms with van der Waals surface area (Å²) in [6, 6.07) is 4.42. The Morgan fingerprint density at radius 2 is 1.96 bits per heavy atom. The van der Waals surface area contributed by atoms with E-state index in [0.717, 1.165) is 34.9 Å². The first-order valence-corrected chi connectivity index (χ1v) is 9.97. The lowest BCUT2D eigenvalue weighted by atomic mass is 9.95. The lowest BCUT2D eigenvalue weighted by molar-refractivity contribution is -0.120. The van der Waals surface area contributed by atoms with Crippen LogP contribution in [0.15, 0.2) is 35.0 Å². The van der Waals surface area contributed by atoms with Gasteiger partial charge in [0.15, 0.2) is 0 Å². The van der Waals surface area contributed by atoms with Crippen LogP contribution in [0.3, 0.4) is 0 Å². The minimum atomic E-state index is -0.394. The Balaban J connectivity index is 1.58. The minimum Gasteiger partial charge on any atom is -0.351 e. The molecule has 1 aromatic heterocycles. The Bertz CT molecular complexity index is 1010. The highest BCUT2D eigenvalue weighted by molar-refractivity contribution is 6.08. The van der Waals surface area contributed by atoms with Gasteiger partial charge in [0.05, 0.1) is 29.2 Å². The summed E-state index contributed by atoms with van der Waals surface area (Å²) >= 11 is 0. The number of aromatic nitrogens is 2. The third kappa shape index (κ3) is 3.39. The number of aliphatic imine (C=N–C) groups is 1. The van der Waals surface area contributed by atoms with Gasteiger partial charge in [-0.2, -0.15) is 5.10 Å². The van der Waals surface area contributed by atoms with Gasteiger partial charge in [-0.1, -0.05) is 18.4 Å². The van der Waals surface area contributed by atoms with Crippen LogP contribution >= 0.6 is 0 Å². The second-order valence-corrected chi connectivity index (χ2v) is 8.02. The molecule has 2 heterocycles. The second kappa shape index (κ2) is 7.34. The van der Waals surface area contributed by atoms with Crippen LogP contribution in [-0.4, -0.2) is 33.9 Å². The van der Waals surface area contributed by atoms with Gasteiger partial charge in [-0.15, -0.1) is 0 Å². The Labute approximate surface area is 164 Å². The van der Waals surface area contributed by atoms with E-state index in [4.69, 9.17) is 0 Å². The normalized spacial score (nSPS) is 20.4. The zero-order chi connectivity index (χ0) is 19.8. The molecule has 28 heavy (non-hydrogen) atoms. The number of hydrogen-bond acceptors (Lipinski definition) is 3. The maximum absolute atomic E-state index is 12.9. The molecule has 1 fully saturated rings. The van der Waals surface area contributed by atoms with Gasteiger partial charge in [0, 0.05) is 17.6 Å². The maximum Gasteiger partial charge on any atom is 0.254 e. The number of aryl methyl sites for hydroxylation is 1. The molecule has 1 atom stereocenters. The van der Waals surface area contributed by atoms with Crippen LogP contribution in [0.5, 0.6) is 0 Å². The van der Waals surface area contributed by atoms with Crippen LogP contribution in [0.1, 0.15) is 61.5 Å². The van der Waals surface area contributed by atoms with E-state index >= 15 is 0 Å². The first-order valence-electron chi connectivity index (χ1n) is 9.97. The number of hydrogen-bond donors (Lipinski definition) is 1. The molecule has 4 rings (SSSR count). The van der Waals surface area contributed by atoms with E-state index in [9.17, 15) is 9.59 Å². The standard InChI is InChI=1S/C22H26N4O2/c1-13-8-17(19-12-24-26(20(19)9-13)16-6-4-5-7-16)21(27)23-11-18-14(2)10-15(3)25-22(18)28/h8-10,12,16,18H,4-7,11H2,1-3H3,(H,23,27). The maximum atomic E-state index is 12.9. The Kier molecular flexibility index (Phi) is 4.87. The fourth-order valence-corrected chi connectivity index (χ4v) is 4.36. The van der Waals surface area contributed by atoms with Gasteiger partial charge in [0.25, 0.3) is 11.8 Å². The summed E-state index contributed by atoms with van der Waals surface area (Å²) < 4.78 is 2.08. The average molecular weight is 378 g/mol. The molecule has 6 nitrogen and oxygen atoms in total. The zero-order valence-electron chi connectivity index (χ0n) is 16.7. The molecule has 0 bridgehead atoms. The van der Waals surface area contributed by atoms with Gasteiger partial charge in [-0.25, -0.2) is 4.99 Å². The molecule has 6 heteroatoms. The summed E-state index contributed by atoms with van der Waals surface area (Å²) in [6.45, 7) is 5.96. The number of nitrogens with zero attached hydrogens (tertiary/aromatic N) is 3. The third-order valence-corrected chi connectivity index (χ3v) is 5.81. The second-order valence-electron chi connectivity index (χ2n) is 8.02. The van der Waals surface area contributed by atoms with E-state index in [-0.39, 0.29) is 18.4 Å². The lowest BCUT2D eigenvalue weighted by Gasteiger charge is -2.19. The van der Waals surface area contributed by atoms with Crippen LogP contribution < -0.4 is 5.32 Å². The topological polar surface area (TPSA) is 76.3 Å². The van der Waals surface area contributed by atoms with Crippen LogP contribution in [0, 0.1) is 12.8 Å². The molecule has 1 aliphatic heterocycles. The van der Waals surface area contributed by atoms with Gasteiger partial charge < -0.3 is 5.32 Å².